The molecule has 0 radical (unpaired) electrons. The number of amides is 2. The van der Waals surface area contributed by atoms with Gasteiger partial charge in [-0.3, -0.25) is 14.6 Å². The molecular weight excluding hydrogens is 387 g/mol. The van der Waals surface area contributed by atoms with Gasteiger partial charge in [-0.1, -0.05) is 0 Å². The molecule has 0 saturated carbocycles. The Morgan fingerprint density at radius 2 is 1.87 bits per heavy atom. The van der Waals surface area contributed by atoms with Crippen molar-refractivity contribution >= 4 is 11.8 Å². The van der Waals surface area contributed by atoms with Crippen LogP contribution in [0.15, 0.2) is 36.7 Å². The van der Waals surface area contributed by atoms with Gasteiger partial charge in [0.2, 0.25) is 0 Å². The molecule has 7 nitrogen and oxygen atoms in total. The number of hydrogen-bond acceptors (Lipinski definition) is 5. The molecule has 1 aromatic carbocycles. The Hall–Kier alpha value is -3.03. The lowest BCUT2D eigenvalue weighted by Crippen LogP contribution is -2.49. The lowest BCUT2D eigenvalue weighted by molar-refractivity contribution is -0.145. The van der Waals surface area contributed by atoms with Gasteiger partial charge in [0.05, 0.1) is 11.9 Å². The van der Waals surface area contributed by atoms with Gasteiger partial charge in [-0.2, -0.15) is 0 Å². The number of nitrogens with zero attached hydrogens (tertiary/aromatic N) is 3. The SMILES string of the molecule is Cc1cnc(C(=O)N[C@H]2CCCN(C(=O)C(C)(C)Oc3ccc(F)cc3)CC2)cn1. The van der Waals surface area contributed by atoms with E-state index < -0.39 is 5.60 Å². The first-order valence-corrected chi connectivity index (χ1v) is 10.1. The predicted molar refractivity (Wildman–Crippen MR) is 110 cm³/mol. The number of hydrogen-bond donors (Lipinski definition) is 1. The summed E-state index contributed by atoms with van der Waals surface area (Å²) in [7, 11) is 0. The van der Waals surface area contributed by atoms with Crippen LogP contribution in [0.1, 0.15) is 49.3 Å². The van der Waals surface area contributed by atoms with E-state index in [1.165, 1.54) is 30.5 Å². The second-order valence-electron chi connectivity index (χ2n) is 8.00. The molecule has 0 spiro atoms. The first-order valence-electron chi connectivity index (χ1n) is 10.1. The summed E-state index contributed by atoms with van der Waals surface area (Å²) in [5.41, 5.74) is -0.0504. The highest BCUT2D eigenvalue weighted by atomic mass is 19.1. The molecule has 30 heavy (non-hydrogen) atoms. The number of carbonyl (C=O) groups is 2. The zero-order valence-corrected chi connectivity index (χ0v) is 17.5. The molecule has 0 unspecified atom stereocenters. The molecule has 1 atom stereocenters. The molecule has 2 amide bonds. The lowest BCUT2D eigenvalue weighted by Gasteiger charge is -2.31. The number of ether oxygens (including phenoxy) is 1. The average molecular weight is 414 g/mol. The van der Waals surface area contributed by atoms with E-state index >= 15 is 0 Å². The van der Waals surface area contributed by atoms with Crippen LogP contribution in [0, 0.1) is 12.7 Å². The van der Waals surface area contributed by atoms with Crippen LogP contribution in [0.3, 0.4) is 0 Å². The molecule has 2 heterocycles. The Bertz CT molecular complexity index is 884. The number of aryl methyl sites for hydroxylation is 1. The molecule has 1 saturated heterocycles. The molecule has 1 aliphatic heterocycles. The minimum Gasteiger partial charge on any atom is -0.478 e. The number of rotatable bonds is 5. The van der Waals surface area contributed by atoms with Crippen LogP contribution < -0.4 is 10.1 Å². The van der Waals surface area contributed by atoms with E-state index in [0.29, 0.717) is 25.3 Å². The number of nitrogens with one attached hydrogen (secondary N) is 1. The Labute approximate surface area is 175 Å². The highest BCUT2D eigenvalue weighted by Crippen LogP contribution is 2.22. The highest BCUT2D eigenvalue weighted by Gasteiger charge is 2.35. The van der Waals surface area contributed by atoms with Crippen molar-refractivity contribution < 1.29 is 18.7 Å². The van der Waals surface area contributed by atoms with Gasteiger partial charge >= 0.3 is 0 Å². The smallest absolute Gasteiger partial charge is 0.271 e. The van der Waals surface area contributed by atoms with Gasteiger partial charge < -0.3 is 15.0 Å². The van der Waals surface area contributed by atoms with Crippen LogP contribution in [0.2, 0.25) is 0 Å². The second-order valence-corrected chi connectivity index (χ2v) is 8.00. The van der Waals surface area contributed by atoms with Crippen molar-refractivity contribution in [2.75, 3.05) is 13.1 Å². The van der Waals surface area contributed by atoms with Gasteiger partial charge in [-0.05, 0) is 64.3 Å². The van der Waals surface area contributed by atoms with E-state index in [2.05, 4.69) is 15.3 Å². The first kappa shape index (κ1) is 21.7. The van der Waals surface area contributed by atoms with Gasteiger partial charge in [0.15, 0.2) is 5.60 Å². The summed E-state index contributed by atoms with van der Waals surface area (Å²) >= 11 is 0. The second kappa shape index (κ2) is 9.19. The molecule has 0 aliphatic carbocycles. The number of aromatic nitrogens is 2. The van der Waals surface area contributed by atoms with E-state index in [9.17, 15) is 14.0 Å². The van der Waals surface area contributed by atoms with Gasteiger partial charge in [-0.15, -0.1) is 0 Å². The van der Waals surface area contributed by atoms with E-state index in [0.717, 1.165) is 18.5 Å². The third-order valence-electron chi connectivity index (χ3n) is 5.07. The van der Waals surface area contributed by atoms with Crippen molar-refractivity contribution in [3.8, 4) is 5.75 Å². The van der Waals surface area contributed by atoms with Crippen molar-refractivity contribution in [1.82, 2.24) is 20.2 Å². The molecule has 1 fully saturated rings. The van der Waals surface area contributed by atoms with Gasteiger partial charge in [0.25, 0.3) is 11.8 Å². The lowest BCUT2D eigenvalue weighted by atomic mass is 10.1. The molecular formula is C22H27FN4O3. The van der Waals surface area contributed by atoms with Crippen molar-refractivity contribution in [2.24, 2.45) is 0 Å². The zero-order valence-electron chi connectivity index (χ0n) is 17.5. The summed E-state index contributed by atoms with van der Waals surface area (Å²) in [6.45, 7) is 6.33. The number of halogens is 1. The average Bonchev–Trinajstić information content (AvgIpc) is 2.95. The minimum atomic E-state index is -1.08. The summed E-state index contributed by atoms with van der Waals surface area (Å²) < 4.78 is 18.9. The van der Waals surface area contributed by atoms with E-state index in [-0.39, 0.29) is 29.4 Å². The molecule has 3 rings (SSSR count). The van der Waals surface area contributed by atoms with Crippen LogP contribution >= 0.6 is 0 Å². The van der Waals surface area contributed by atoms with Crippen molar-refractivity contribution in [3.05, 3.63) is 53.9 Å². The fourth-order valence-electron chi connectivity index (χ4n) is 3.43. The Morgan fingerprint density at radius 3 is 2.53 bits per heavy atom. The van der Waals surface area contributed by atoms with Crippen LogP contribution in [-0.4, -0.2) is 51.4 Å². The normalized spacial score (nSPS) is 17.2. The maximum atomic E-state index is 13.1. The van der Waals surface area contributed by atoms with Crippen LogP contribution in [-0.2, 0) is 4.79 Å². The number of carbonyl (C=O) groups excluding carboxylic acids is 2. The Kier molecular flexibility index (Phi) is 6.64. The van der Waals surface area contributed by atoms with Gasteiger partial charge in [-0.25, -0.2) is 9.37 Å². The first-order chi connectivity index (χ1) is 14.2. The summed E-state index contributed by atoms with van der Waals surface area (Å²) in [5, 5.41) is 2.99. The van der Waals surface area contributed by atoms with Crippen molar-refractivity contribution in [2.45, 2.75) is 51.7 Å². The minimum absolute atomic E-state index is 0.0421. The third kappa shape index (κ3) is 5.52. The standard InChI is InChI=1S/C22H27FN4O3/c1-15-13-25-19(14-24-15)20(28)26-17-5-4-11-27(12-10-17)21(29)22(2,3)30-18-8-6-16(23)7-9-18/h6-9,13-14,17H,4-5,10-12H2,1-3H3,(H,26,28)/t17-/m0/s1. The van der Waals surface area contributed by atoms with Crippen LogP contribution in [0.5, 0.6) is 5.75 Å². The topological polar surface area (TPSA) is 84.4 Å². The summed E-state index contributed by atoms with van der Waals surface area (Å²) in [6.07, 6.45) is 5.21. The maximum absolute atomic E-state index is 13.1. The molecule has 160 valence electrons. The third-order valence-corrected chi connectivity index (χ3v) is 5.07. The Balaban J connectivity index is 1.56. The number of likely N-dealkylation sites (tertiary alicyclic amines) is 1. The van der Waals surface area contributed by atoms with E-state index in [1.807, 2.05) is 6.92 Å². The fraction of sp³-hybridized carbons (Fsp3) is 0.455. The van der Waals surface area contributed by atoms with Crippen molar-refractivity contribution in [3.63, 3.8) is 0 Å². The van der Waals surface area contributed by atoms with Crippen LogP contribution in [0.4, 0.5) is 4.39 Å². The summed E-state index contributed by atoms with van der Waals surface area (Å²) in [5.74, 6) is -0.312. The van der Waals surface area contributed by atoms with E-state index in [1.54, 1.807) is 24.9 Å². The fourth-order valence-corrected chi connectivity index (χ4v) is 3.43. The monoisotopic (exact) mass is 414 g/mol. The zero-order chi connectivity index (χ0) is 21.7. The quantitative estimate of drug-likeness (QED) is 0.813. The molecule has 8 heteroatoms. The largest absolute Gasteiger partial charge is 0.478 e. The maximum Gasteiger partial charge on any atom is 0.271 e. The molecule has 0 bridgehead atoms. The highest BCUT2D eigenvalue weighted by molar-refractivity contribution is 5.92. The Morgan fingerprint density at radius 1 is 1.13 bits per heavy atom. The predicted octanol–water partition coefficient (Wildman–Crippen LogP) is 2.89. The van der Waals surface area contributed by atoms with Crippen molar-refractivity contribution in [1.29, 1.82) is 0 Å². The molecule has 1 N–H and O–H groups in total. The molecule has 1 aromatic heterocycles. The summed E-state index contributed by atoms with van der Waals surface area (Å²) in [4.78, 5) is 35.4. The summed E-state index contributed by atoms with van der Waals surface area (Å²) in [6, 6.07) is 5.57. The molecule has 2 aromatic rings. The van der Waals surface area contributed by atoms with E-state index in [4.69, 9.17) is 4.74 Å². The number of benzene rings is 1. The van der Waals surface area contributed by atoms with Gasteiger partial charge in [0, 0.05) is 25.3 Å². The van der Waals surface area contributed by atoms with Crippen LogP contribution in [0.25, 0.3) is 0 Å². The van der Waals surface area contributed by atoms with Gasteiger partial charge in [0.1, 0.15) is 17.3 Å². The molecule has 1 aliphatic rings.